The molecule has 4 aromatic rings. The number of benzene rings is 3. The van der Waals surface area contributed by atoms with Gasteiger partial charge in [-0.25, -0.2) is 18.2 Å². The van der Waals surface area contributed by atoms with Crippen LogP contribution in [0.2, 0.25) is 5.02 Å². The molecule has 0 amide bonds. The van der Waals surface area contributed by atoms with Crippen LogP contribution in [0.15, 0.2) is 54.6 Å². The van der Waals surface area contributed by atoms with Crippen molar-refractivity contribution < 1.29 is 28.1 Å². The lowest BCUT2D eigenvalue weighted by molar-refractivity contribution is -0.108. The van der Waals surface area contributed by atoms with Crippen LogP contribution in [0.4, 0.5) is 18.9 Å². The number of β-amino-alcohol motifs (C(OH)–C–C–N with tert-alkyl or cyclic N) is 1. The smallest absolute Gasteiger partial charge is 0.151 e. The van der Waals surface area contributed by atoms with E-state index in [1.54, 1.807) is 30.3 Å². The zero-order valence-corrected chi connectivity index (χ0v) is 19.1. The molecule has 0 spiro atoms. The molecule has 0 bridgehead atoms. The monoisotopic (exact) mass is 503 g/mol. The summed E-state index contributed by atoms with van der Waals surface area (Å²) in [5, 5.41) is 21.7. The van der Waals surface area contributed by atoms with E-state index in [0.29, 0.717) is 28.2 Å². The molecule has 1 fully saturated rings. The number of rotatable bonds is 5. The summed E-state index contributed by atoms with van der Waals surface area (Å²) < 4.78 is 47.7. The summed E-state index contributed by atoms with van der Waals surface area (Å²) in [6, 6.07) is 13.1. The number of aromatic nitrogens is 2. The van der Waals surface area contributed by atoms with Gasteiger partial charge in [-0.3, -0.25) is 0 Å². The fourth-order valence-electron chi connectivity index (χ4n) is 4.24. The van der Waals surface area contributed by atoms with E-state index in [-0.39, 0.29) is 42.6 Å². The summed E-state index contributed by atoms with van der Waals surface area (Å²) in [6.07, 6.45) is -1.33. The molecule has 10 heteroatoms. The van der Waals surface area contributed by atoms with Crippen molar-refractivity contribution >= 4 is 28.3 Å². The highest BCUT2D eigenvalue weighted by Crippen LogP contribution is 2.34. The highest BCUT2D eigenvalue weighted by Gasteiger charge is 2.42. The number of ether oxygens (including phenoxy) is 1. The minimum absolute atomic E-state index is 0.00699. The average molecular weight is 504 g/mol. The van der Waals surface area contributed by atoms with E-state index >= 15 is 0 Å². The number of hydrogen-bond donors (Lipinski definition) is 3. The molecule has 6 nitrogen and oxygen atoms in total. The molecule has 3 N–H and O–H groups in total. The van der Waals surface area contributed by atoms with Gasteiger partial charge in [0.1, 0.15) is 46.9 Å². The fourth-order valence-corrected chi connectivity index (χ4v) is 4.43. The van der Waals surface area contributed by atoms with E-state index in [4.69, 9.17) is 16.3 Å². The number of piperidine rings is 1. The van der Waals surface area contributed by atoms with Crippen LogP contribution in [0, 0.1) is 17.5 Å². The predicted molar refractivity (Wildman–Crippen MR) is 126 cm³/mol. The van der Waals surface area contributed by atoms with Crippen LogP contribution in [0.25, 0.3) is 22.4 Å². The zero-order valence-electron chi connectivity index (χ0n) is 18.3. The van der Waals surface area contributed by atoms with Gasteiger partial charge in [-0.05, 0) is 55.0 Å². The second-order valence-electron chi connectivity index (χ2n) is 8.57. The lowest BCUT2D eigenvalue weighted by Gasteiger charge is -2.42. The number of H-pyrrole nitrogens is 1. The quantitative estimate of drug-likeness (QED) is 0.368. The summed E-state index contributed by atoms with van der Waals surface area (Å²) >= 11 is 5.69. The van der Waals surface area contributed by atoms with Gasteiger partial charge >= 0.3 is 0 Å². The van der Waals surface area contributed by atoms with E-state index in [1.165, 1.54) is 17.0 Å². The van der Waals surface area contributed by atoms with Crippen molar-refractivity contribution in [1.29, 1.82) is 0 Å². The maximum Gasteiger partial charge on any atom is 0.151 e. The lowest BCUT2D eigenvalue weighted by Crippen LogP contribution is -2.58. The van der Waals surface area contributed by atoms with Crippen LogP contribution in [0.1, 0.15) is 6.42 Å². The summed E-state index contributed by atoms with van der Waals surface area (Å²) in [4.78, 5) is 9.04. The second kappa shape index (κ2) is 9.07. The minimum atomic E-state index is -1.64. The van der Waals surface area contributed by atoms with Crippen LogP contribution in [0.3, 0.4) is 0 Å². The summed E-state index contributed by atoms with van der Waals surface area (Å²) in [6.45, 7) is -0.365. The Morgan fingerprint density at radius 3 is 2.51 bits per heavy atom. The Hall–Kier alpha value is -3.27. The van der Waals surface area contributed by atoms with E-state index in [2.05, 4.69) is 9.97 Å². The molecule has 1 aliphatic rings. The Balaban J connectivity index is 1.32. The van der Waals surface area contributed by atoms with Gasteiger partial charge in [-0.15, -0.1) is 0 Å². The molecule has 3 aromatic carbocycles. The summed E-state index contributed by atoms with van der Waals surface area (Å²) in [7, 11) is 0. The molecule has 5 rings (SSSR count). The first-order valence-electron chi connectivity index (χ1n) is 10.9. The van der Waals surface area contributed by atoms with Crippen molar-refractivity contribution in [2.75, 3.05) is 24.6 Å². The molecular formula is C25H21ClF3N3O3. The van der Waals surface area contributed by atoms with Gasteiger partial charge in [0, 0.05) is 23.7 Å². The van der Waals surface area contributed by atoms with Gasteiger partial charge in [0.25, 0.3) is 0 Å². The third-order valence-corrected chi connectivity index (χ3v) is 6.42. The number of halogens is 4. The van der Waals surface area contributed by atoms with E-state index in [0.717, 1.165) is 12.1 Å². The third-order valence-electron chi connectivity index (χ3n) is 6.20. The molecule has 1 aliphatic heterocycles. The number of fused-ring (bicyclic) bond motifs is 1. The van der Waals surface area contributed by atoms with Crippen molar-refractivity contribution in [2.45, 2.75) is 18.1 Å². The molecule has 1 saturated heterocycles. The Kier molecular flexibility index (Phi) is 6.08. The van der Waals surface area contributed by atoms with Crippen molar-refractivity contribution in [3.05, 3.63) is 77.1 Å². The predicted octanol–water partition coefficient (Wildman–Crippen LogP) is 4.68. The molecular weight excluding hydrogens is 483 g/mol. The molecule has 1 aromatic heterocycles. The number of aliphatic hydroxyl groups is 2. The molecule has 2 atom stereocenters. The summed E-state index contributed by atoms with van der Waals surface area (Å²) in [5.74, 6) is -1.13. The number of nitrogens with one attached hydrogen (secondary N) is 1. The Bertz CT molecular complexity index is 1360. The highest BCUT2D eigenvalue weighted by molar-refractivity contribution is 6.30. The molecule has 0 radical (unpaired) electrons. The summed E-state index contributed by atoms with van der Waals surface area (Å²) in [5.41, 5.74) is -0.0677. The molecule has 182 valence electrons. The van der Waals surface area contributed by atoms with E-state index in [1.807, 2.05) is 0 Å². The standard InChI is InChI=1S/C25H21ClF3N3O3/c26-15-10-17(28)23(18(29)11-15)32-9-8-25(34,21(33)12-32)13-35-20-3-1-2-19-22(20)31-24(30-19)14-4-6-16(27)7-5-14/h1-7,10-11,21,33-34H,8-9,12-13H2,(H,30,31)/t21-,25-/m1/s1. The van der Waals surface area contributed by atoms with E-state index < -0.39 is 23.3 Å². The number of nitrogens with zero attached hydrogens (tertiary/aromatic N) is 2. The van der Waals surface area contributed by atoms with Crippen LogP contribution >= 0.6 is 11.6 Å². The lowest BCUT2D eigenvalue weighted by atomic mass is 9.89. The van der Waals surface area contributed by atoms with Gasteiger partial charge in [0.05, 0.1) is 5.52 Å². The molecule has 0 aliphatic carbocycles. The highest BCUT2D eigenvalue weighted by atomic mass is 35.5. The first kappa shape index (κ1) is 23.5. The Morgan fingerprint density at radius 2 is 1.83 bits per heavy atom. The van der Waals surface area contributed by atoms with Crippen molar-refractivity contribution in [1.82, 2.24) is 9.97 Å². The van der Waals surface area contributed by atoms with Gasteiger partial charge in [-0.1, -0.05) is 17.7 Å². The number of imidazole rings is 1. The van der Waals surface area contributed by atoms with Crippen molar-refractivity contribution in [2.24, 2.45) is 0 Å². The zero-order chi connectivity index (χ0) is 24.7. The van der Waals surface area contributed by atoms with Gasteiger partial charge in [0.2, 0.25) is 0 Å². The topological polar surface area (TPSA) is 81.6 Å². The Morgan fingerprint density at radius 1 is 1.11 bits per heavy atom. The van der Waals surface area contributed by atoms with Crippen molar-refractivity contribution in [3.8, 4) is 17.1 Å². The number of hydrogen-bond acceptors (Lipinski definition) is 5. The van der Waals surface area contributed by atoms with Gasteiger partial charge in [-0.2, -0.15) is 0 Å². The average Bonchev–Trinajstić information content (AvgIpc) is 3.25. The first-order chi connectivity index (χ1) is 16.7. The third kappa shape index (κ3) is 4.54. The molecule has 0 saturated carbocycles. The number of aliphatic hydroxyl groups excluding tert-OH is 1. The van der Waals surface area contributed by atoms with Crippen LogP contribution in [-0.2, 0) is 0 Å². The largest absolute Gasteiger partial charge is 0.488 e. The molecule has 35 heavy (non-hydrogen) atoms. The molecule has 0 unspecified atom stereocenters. The maximum absolute atomic E-state index is 14.3. The number of para-hydroxylation sites is 1. The minimum Gasteiger partial charge on any atom is -0.488 e. The van der Waals surface area contributed by atoms with Crippen molar-refractivity contribution in [3.63, 3.8) is 0 Å². The molecule has 2 heterocycles. The van der Waals surface area contributed by atoms with Crippen LogP contribution in [0.5, 0.6) is 5.75 Å². The maximum atomic E-state index is 14.3. The van der Waals surface area contributed by atoms with Gasteiger partial charge < -0.3 is 24.8 Å². The number of aromatic amines is 1. The second-order valence-corrected chi connectivity index (χ2v) is 9.00. The normalized spacial score (nSPS) is 20.4. The van der Waals surface area contributed by atoms with Gasteiger partial charge in [0.15, 0.2) is 11.6 Å². The SMILES string of the molecule is O[C@@H]1CN(c2c(F)cc(Cl)cc2F)CC[C@@]1(O)COc1cccc2[nH]c(-c3ccc(F)cc3)nc12. The fraction of sp³-hybridized carbons (Fsp3) is 0.240. The number of anilines is 1. The van der Waals surface area contributed by atoms with E-state index in [9.17, 15) is 23.4 Å². The first-order valence-corrected chi connectivity index (χ1v) is 11.3. The van der Waals surface area contributed by atoms with Crippen LogP contribution in [-0.4, -0.2) is 51.6 Å². The van der Waals surface area contributed by atoms with Crippen LogP contribution < -0.4 is 9.64 Å². The Labute approximate surface area is 203 Å².